The molecule has 0 aliphatic heterocycles. The molecule has 4 nitrogen and oxygen atoms in total. The first kappa shape index (κ1) is 9.79. The summed E-state index contributed by atoms with van der Waals surface area (Å²) >= 11 is 4.98. The third-order valence-electron chi connectivity index (χ3n) is 1.94. The molecule has 15 heavy (non-hydrogen) atoms. The zero-order valence-electron chi connectivity index (χ0n) is 8.10. The fraction of sp³-hybridized carbons (Fsp3) is 0.100. The van der Waals surface area contributed by atoms with Crippen LogP contribution in [0.4, 0.5) is 0 Å². The molecule has 76 valence electrons. The van der Waals surface area contributed by atoms with Crippen LogP contribution in [0.1, 0.15) is 0 Å². The van der Waals surface area contributed by atoms with Crippen LogP contribution in [-0.4, -0.2) is 22.1 Å². The second kappa shape index (κ2) is 4.18. The van der Waals surface area contributed by atoms with Crippen LogP contribution in [0.25, 0.3) is 11.3 Å². The van der Waals surface area contributed by atoms with Gasteiger partial charge in [0.2, 0.25) is 0 Å². The first-order valence-corrected chi connectivity index (χ1v) is 4.74. The van der Waals surface area contributed by atoms with E-state index < -0.39 is 0 Å². The molecule has 0 saturated heterocycles. The predicted molar refractivity (Wildman–Crippen MR) is 59.2 cm³/mol. The minimum absolute atomic E-state index is 0.548. The lowest BCUT2D eigenvalue weighted by atomic mass is 10.2. The van der Waals surface area contributed by atoms with Gasteiger partial charge in [-0.2, -0.15) is 0 Å². The SMILES string of the molecule is COc1cncc(-c2cc(=S)nc[nH]2)c1. The average Bonchev–Trinajstić information content (AvgIpc) is 2.29. The molecule has 0 radical (unpaired) electrons. The van der Waals surface area contributed by atoms with E-state index in [-0.39, 0.29) is 0 Å². The first-order valence-electron chi connectivity index (χ1n) is 4.34. The molecule has 0 unspecified atom stereocenters. The molecule has 0 aliphatic rings. The van der Waals surface area contributed by atoms with Crippen molar-refractivity contribution in [1.82, 2.24) is 15.0 Å². The number of aromatic nitrogens is 3. The van der Waals surface area contributed by atoms with Crippen molar-refractivity contribution in [3.63, 3.8) is 0 Å². The Morgan fingerprint density at radius 1 is 1.33 bits per heavy atom. The standard InChI is InChI=1S/C10H9N3OS/c1-14-8-2-7(4-11-5-8)9-3-10(15)13-6-12-9/h2-6H,1H3,(H,12,13,15). The molecule has 1 N–H and O–H groups in total. The van der Waals surface area contributed by atoms with E-state index >= 15 is 0 Å². The van der Waals surface area contributed by atoms with Crippen molar-refractivity contribution >= 4 is 12.2 Å². The van der Waals surface area contributed by atoms with Gasteiger partial charge in [-0.15, -0.1) is 0 Å². The smallest absolute Gasteiger partial charge is 0.137 e. The monoisotopic (exact) mass is 219 g/mol. The minimum Gasteiger partial charge on any atom is -0.495 e. The molecule has 2 rings (SSSR count). The molecule has 0 amide bonds. The number of hydrogen-bond donors (Lipinski definition) is 1. The van der Waals surface area contributed by atoms with Crippen molar-refractivity contribution in [2.24, 2.45) is 0 Å². The third-order valence-corrected chi connectivity index (χ3v) is 2.16. The van der Waals surface area contributed by atoms with Crippen molar-refractivity contribution in [3.8, 4) is 17.0 Å². The van der Waals surface area contributed by atoms with Crippen molar-refractivity contribution in [2.75, 3.05) is 7.11 Å². The van der Waals surface area contributed by atoms with E-state index in [0.717, 1.165) is 11.3 Å². The van der Waals surface area contributed by atoms with Crippen molar-refractivity contribution < 1.29 is 4.74 Å². The van der Waals surface area contributed by atoms with Crippen LogP contribution in [0.3, 0.4) is 0 Å². The lowest BCUT2D eigenvalue weighted by molar-refractivity contribution is 0.413. The number of ether oxygens (including phenoxy) is 1. The third kappa shape index (κ3) is 2.19. The summed E-state index contributed by atoms with van der Waals surface area (Å²) in [6.07, 6.45) is 4.96. The Kier molecular flexibility index (Phi) is 2.73. The number of rotatable bonds is 2. The van der Waals surface area contributed by atoms with E-state index in [9.17, 15) is 0 Å². The van der Waals surface area contributed by atoms with E-state index in [1.54, 1.807) is 31.9 Å². The van der Waals surface area contributed by atoms with E-state index in [0.29, 0.717) is 10.4 Å². The molecule has 0 aliphatic carbocycles. The zero-order valence-corrected chi connectivity index (χ0v) is 8.91. The summed E-state index contributed by atoms with van der Waals surface area (Å²) in [7, 11) is 1.61. The molecule has 0 aromatic carbocycles. The number of methoxy groups -OCH3 is 1. The lowest BCUT2D eigenvalue weighted by Crippen LogP contribution is -1.89. The fourth-order valence-corrected chi connectivity index (χ4v) is 1.38. The number of pyridine rings is 1. The summed E-state index contributed by atoms with van der Waals surface area (Å²) in [5.74, 6) is 0.712. The highest BCUT2D eigenvalue weighted by molar-refractivity contribution is 7.71. The fourth-order valence-electron chi connectivity index (χ4n) is 1.21. The van der Waals surface area contributed by atoms with Gasteiger partial charge in [0.05, 0.1) is 25.3 Å². The van der Waals surface area contributed by atoms with Crippen LogP contribution in [0.15, 0.2) is 30.9 Å². The number of nitrogens with one attached hydrogen (secondary N) is 1. The molecule has 0 bridgehead atoms. The van der Waals surface area contributed by atoms with Crippen molar-refractivity contribution in [2.45, 2.75) is 0 Å². The van der Waals surface area contributed by atoms with Gasteiger partial charge in [-0.05, 0) is 12.1 Å². The Morgan fingerprint density at radius 3 is 2.93 bits per heavy atom. The summed E-state index contributed by atoms with van der Waals surface area (Å²) < 4.78 is 5.64. The van der Waals surface area contributed by atoms with Gasteiger partial charge < -0.3 is 9.72 Å². The molecule has 0 atom stereocenters. The molecule has 0 saturated carbocycles. The Bertz CT molecular complexity index is 524. The van der Waals surface area contributed by atoms with Crippen LogP contribution in [0.2, 0.25) is 0 Å². The molecular weight excluding hydrogens is 210 g/mol. The van der Waals surface area contributed by atoms with E-state index in [1.165, 1.54) is 0 Å². The van der Waals surface area contributed by atoms with Crippen LogP contribution < -0.4 is 4.74 Å². The summed E-state index contributed by atoms with van der Waals surface area (Å²) in [4.78, 5) is 11.0. The van der Waals surface area contributed by atoms with Crippen LogP contribution in [-0.2, 0) is 0 Å². The van der Waals surface area contributed by atoms with Crippen LogP contribution >= 0.6 is 12.2 Å². The second-order valence-electron chi connectivity index (χ2n) is 2.91. The quantitative estimate of drug-likeness (QED) is 0.787. The summed E-state index contributed by atoms with van der Waals surface area (Å²) in [5, 5.41) is 0. The Morgan fingerprint density at radius 2 is 2.20 bits per heavy atom. The Labute approximate surface area is 92.0 Å². The highest BCUT2D eigenvalue weighted by Gasteiger charge is 2.00. The Hall–Kier alpha value is -1.75. The molecule has 5 heteroatoms. The van der Waals surface area contributed by atoms with Gasteiger partial charge in [-0.25, -0.2) is 4.98 Å². The van der Waals surface area contributed by atoms with Gasteiger partial charge in [0.1, 0.15) is 10.4 Å². The zero-order chi connectivity index (χ0) is 10.7. The van der Waals surface area contributed by atoms with Gasteiger partial charge in [0, 0.05) is 11.8 Å². The van der Waals surface area contributed by atoms with Gasteiger partial charge in [-0.1, -0.05) is 12.2 Å². The van der Waals surface area contributed by atoms with E-state index in [2.05, 4.69) is 15.0 Å². The lowest BCUT2D eigenvalue weighted by Gasteiger charge is -2.03. The highest BCUT2D eigenvalue weighted by atomic mass is 32.1. The normalized spacial score (nSPS) is 9.93. The molecule has 0 fully saturated rings. The molecule has 2 heterocycles. The average molecular weight is 219 g/mol. The maximum absolute atomic E-state index is 5.09. The maximum atomic E-state index is 5.09. The van der Waals surface area contributed by atoms with Gasteiger partial charge >= 0.3 is 0 Å². The minimum atomic E-state index is 0.548. The van der Waals surface area contributed by atoms with Crippen molar-refractivity contribution in [3.05, 3.63) is 35.5 Å². The van der Waals surface area contributed by atoms with E-state index in [1.807, 2.05) is 6.07 Å². The number of aromatic amines is 1. The highest BCUT2D eigenvalue weighted by Crippen LogP contribution is 2.19. The van der Waals surface area contributed by atoms with Gasteiger partial charge in [0.15, 0.2) is 0 Å². The maximum Gasteiger partial charge on any atom is 0.137 e. The topological polar surface area (TPSA) is 50.8 Å². The summed E-state index contributed by atoms with van der Waals surface area (Å²) in [5.41, 5.74) is 1.80. The van der Waals surface area contributed by atoms with Gasteiger partial charge in [-0.3, -0.25) is 4.98 Å². The number of nitrogens with zero attached hydrogens (tertiary/aromatic N) is 2. The largest absolute Gasteiger partial charge is 0.495 e. The predicted octanol–water partition coefficient (Wildman–Crippen LogP) is 2.21. The van der Waals surface area contributed by atoms with E-state index in [4.69, 9.17) is 17.0 Å². The molecule has 2 aromatic heterocycles. The summed E-state index contributed by atoms with van der Waals surface area (Å²) in [6, 6.07) is 3.67. The number of hydrogen-bond acceptors (Lipinski definition) is 4. The van der Waals surface area contributed by atoms with Gasteiger partial charge in [0.25, 0.3) is 0 Å². The molecule has 2 aromatic rings. The summed E-state index contributed by atoms with van der Waals surface area (Å²) in [6.45, 7) is 0. The first-order chi connectivity index (χ1) is 7.29. The van der Waals surface area contributed by atoms with Crippen LogP contribution in [0, 0.1) is 4.64 Å². The Balaban J connectivity index is 2.49. The molecule has 0 spiro atoms. The molecular formula is C10H9N3OS. The second-order valence-corrected chi connectivity index (χ2v) is 3.33. The van der Waals surface area contributed by atoms with Crippen LogP contribution in [0.5, 0.6) is 5.75 Å². The van der Waals surface area contributed by atoms with Crippen molar-refractivity contribution in [1.29, 1.82) is 0 Å². The number of H-pyrrole nitrogens is 1.